The van der Waals surface area contributed by atoms with Crippen LogP contribution >= 0.6 is 0 Å². The minimum absolute atomic E-state index is 0.0774. The number of hydrogen-bond acceptors (Lipinski definition) is 0. The molecular formula is C18H22. The van der Waals surface area contributed by atoms with E-state index >= 15 is 0 Å². The summed E-state index contributed by atoms with van der Waals surface area (Å²) in [5, 5.41) is 0. The first kappa shape index (κ1) is 10.4. The van der Waals surface area contributed by atoms with Gasteiger partial charge < -0.3 is 0 Å². The zero-order valence-corrected chi connectivity index (χ0v) is 11.9. The maximum atomic E-state index is 8.32. The first-order chi connectivity index (χ1) is 9.34. The fraction of sp³-hybridized carbons (Fsp3) is 0.333. The molecule has 0 heteroatoms. The van der Waals surface area contributed by atoms with Gasteiger partial charge in [0.1, 0.15) is 0 Å². The van der Waals surface area contributed by atoms with Crippen molar-refractivity contribution in [1.29, 1.82) is 0 Å². The van der Waals surface area contributed by atoms with Crippen molar-refractivity contribution < 1.29 is 2.74 Å². The van der Waals surface area contributed by atoms with Crippen LogP contribution in [0.2, 0.25) is 0 Å². The van der Waals surface area contributed by atoms with Gasteiger partial charge in [-0.2, -0.15) is 0 Å². The Labute approximate surface area is 113 Å². The zero-order valence-electron chi connectivity index (χ0n) is 13.9. The minimum Gasteiger partial charge on any atom is -0.0588 e. The highest BCUT2D eigenvalue weighted by Gasteiger charge is 2.09. The Balaban J connectivity index is 2.55. The monoisotopic (exact) mass is 240 g/mol. The molecule has 0 amide bonds. The lowest BCUT2D eigenvalue weighted by Crippen LogP contribution is -1.98. The van der Waals surface area contributed by atoms with Crippen molar-refractivity contribution in [2.75, 3.05) is 0 Å². The highest BCUT2D eigenvalue weighted by atomic mass is 14.1. The molecule has 0 N–H and O–H groups in total. The average molecular weight is 240 g/mol. The molecule has 0 heterocycles. The third-order valence-electron chi connectivity index (χ3n) is 3.81. The fourth-order valence-corrected chi connectivity index (χ4v) is 2.07. The standard InChI is InChI=1S/C18H22/c1-12-6-8-17(10-14(12)3)16(5)18-9-7-13(2)15(4)11-18/h6-11,16H,1-5H3/i10D,11D. The Bertz CT molecular complexity index is 599. The molecule has 18 heavy (non-hydrogen) atoms. The van der Waals surface area contributed by atoms with Crippen molar-refractivity contribution in [2.45, 2.75) is 40.5 Å². The highest BCUT2D eigenvalue weighted by molar-refractivity contribution is 5.39. The third kappa shape index (κ3) is 2.48. The molecule has 2 aromatic rings. The molecule has 2 rings (SSSR count). The van der Waals surface area contributed by atoms with Gasteiger partial charge in [-0.25, -0.2) is 0 Å². The van der Waals surface area contributed by atoms with Crippen LogP contribution in [0.4, 0.5) is 0 Å². The van der Waals surface area contributed by atoms with Crippen LogP contribution in [0, 0.1) is 27.7 Å². The van der Waals surface area contributed by atoms with E-state index in [1.165, 1.54) is 0 Å². The molecule has 0 bridgehead atoms. The first-order valence-corrected chi connectivity index (χ1v) is 6.48. The maximum absolute atomic E-state index is 8.32. The van der Waals surface area contributed by atoms with Crippen LogP contribution < -0.4 is 0 Å². The van der Waals surface area contributed by atoms with Crippen molar-refractivity contribution in [3.8, 4) is 0 Å². The van der Waals surface area contributed by atoms with Gasteiger partial charge in [-0.1, -0.05) is 43.3 Å². The summed E-state index contributed by atoms with van der Waals surface area (Å²) in [6.45, 7) is 10.2. The molecule has 0 fully saturated rings. The van der Waals surface area contributed by atoms with E-state index in [9.17, 15) is 0 Å². The highest BCUT2D eigenvalue weighted by Crippen LogP contribution is 2.27. The second-order valence-corrected chi connectivity index (χ2v) is 5.17. The van der Waals surface area contributed by atoms with Gasteiger partial charge in [0.15, 0.2) is 0 Å². The van der Waals surface area contributed by atoms with Gasteiger partial charge in [0.05, 0.1) is 2.74 Å². The summed E-state index contributed by atoms with van der Waals surface area (Å²) in [5.74, 6) is 0.0774. The Kier molecular flexibility index (Phi) is 2.87. The number of rotatable bonds is 2. The van der Waals surface area contributed by atoms with E-state index in [-0.39, 0.29) is 5.92 Å². The van der Waals surface area contributed by atoms with Gasteiger partial charge in [-0.3, -0.25) is 0 Å². The predicted octanol–water partition coefficient (Wildman–Crippen LogP) is 5.07. The van der Waals surface area contributed by atoms with Crippen LogP contribution in [0.25, 0.3) is 0 Å². The molecule has 0 aromatic heterocycles. The Morgan fingerprint density at radius 2 is 1.11 bits per heavy atom. The van der Waals surface area contributed by atoms with E-state index in [1.54, 1.807) is 0 Å². The second kappa shape index (κ2) is 4.97. The van der Waals surface area contributed by atoms with E-state index in [1.807, 2.05) is 39.8 Å². The maximum Gasteiger partial charge on any atom is 0.0629 e. The summed E-state index contributed by atoms with van der Waals surface area (Å²) >= 11 is 0. The molecule has 0 nitrogen and oxygen atoms in total. The number of aryl methyl sites for hydroxylation is 2. The summed E-state index contributed by atoms with van der Waals surface area (Å²) in [5.41, 5.74) is 6.37. The molecular weight excluding hydrogens is 216 g/mol. The SMILES string of the molecule is [2H]c1c(C(C)c2ccc(C)c(C)c2[2H])ccc(C)c1C. The van der Waals surface area contributed by atoms with Crippen molar-refractivity contribution in [1.82, 2.24) is 0 Å². The zero-order chi connectivity index (χ0) is 15.0. The summed E-state index contributed by atoms with van der Waals surface area (Å²) in [6, 6.07) is 9.42. The van der Waals surface area contributed by atoms with Crippen LogP contribution in [0.3, 0.4) is 0 Å². The van der Waals surface area contributed by atoms with E-state index in [2.05, 4.69) is 19.1 Å². The number of hydrogen-bond donors (Lipinski definition) is 0. The molecule has 94 valence electrons. The van der Waals surface area contributed by atoms with Gasteiger partial charge in [0.25, 0.3) is 0 Å². The second-order valence-electron chi connectivity index (χ2n) is 5.17. The Hall–Kier alpha value is -1.56. The van der Waals surface area contributed by atoms with Crippen molar-refractivity contribution in [3.05, 3.63) is 69.7 Å². The summed E-state index contributed by atoms with van der Waals surface area (Å²) in [4.78, 5) is 0. The van der Waals surface area contributed by atoms with Gasteiger partial charge in [0, 0.05) is 5.92 Å². The van der Waals surface area contributed by atoms with Crippen LogP contribution in [-0.4, -0.2) is 0 Å². The third-order valence-corrected chi connectivity index (χ3v) is 3.81. The molecule has 0 radical (unpaired) electrons. The molecule has 0 aliphatic rings. The molecule has 0 aliphatic carbocycles. The summed E-state index contributed by atoms with van der Waals surface area (Å²) < 4.78 is 16.6. The molecule has 0 spiro atoms. The topological polar surface area (TPSA) is 0 Å². The molecule has 0 saturated carbocycles. The summed E-state index contributed by atoms with van der Waals surface area (Å²) in [7, 11) is 0. The molecule has 0 unspecified atom stereocenters. The van der Waals surface area contributed by atoms with E-state index in [4.69, 9.17) is 2.74 Å². The van der Waals surface area contributed by atoms with E-state index in [0.29, 0.717) is 12.1 Å². The van der Waals surface area contributed by atoms with Crippen LogP contribution in [0.5, 0.6) is 0 Å². The van der Waals surface area contributed by atoms with Crippen LogP contribution in [0.15, 0.2) is 36.4 Å². The Morgan fingerprint density at radius 3 is 1.50 bits per heavy atom. The molecule has 0 saturated heterocycles. The van der Waals surface area contributed by atoms with Gasteiger partial charge >= 0.3 is 0 Å². The molecule has 0 atom stereocenters. The van der Waals surface area contributed by atoms with Crippen LogP contribution in [0.1, 0.15) is 49.0 Å². The van der Waals surface area contributed by atoms with Crippen molar-refractivity contribution in [2.24, 2.45) is 0 Å². The lowest BCUT2D eigenvalue weighted by atomic mass is 9.89. The van der Waals surface area contributed by atoms with Crippen molar-refractivity contribution in [3.63, 3.8) is 0 Å². The predicted molar refractivity (Wildman–Crippen MR) is 79.3 cm³/mol. The quantitative estimate of drug-likeness (QED) is 0.687. The average Bonchev–Trinajstić information content (AvgIpc) is 2.42. The fourth-order valence-electron chi connectivity index (χ4n) is 2.07. The van der Waals surface area contributed by atoms with Gasteiger partial charge in [0.2, 0.25) is 0 Å². The lowest BCUT2D eigenvalue weighted by Gasteiger charge is -2.15. The van der Waals surface area contributed by atoms with Gasteiger partial charge in [-0.05, 0) is 61.1 Å². The summed E-state index contributed by atoms with van der Waals surface area (Å²) in [6.07, 6.45) is 0. The Morgan fingerprint density at radius 1 is 0.722 bits per heavy atom. The number of benzene rings is 2. The minimum atomic E-state index is 0.0774. The van der Waals surface area contributed by atoms with E-state index < -0.39 is 0 Å². The van der Waals surface area contributed by atoms with Crippen molar-refractivity contribution >= 4 is 0 Å². The largest absolute Gasteiger partial charge is 0.0629 e. The van der Waals surface area contributed by atoms with Gasteiger partial charge in [-0.15, -0.1) is 0 Å². The smallest absolute Gasteiger partial charge is 0.0588 e. The van der Waals surface area contributed by atoms with E-state index in [0.717, 1.165) is 33.4 Å². The van der Waals surface area contributed by atoms with Crippen LogP contribution in [-0.2, 0) is 0 Å². The first-order valence-electron chi connectivity index (χ1n) is 7.48. The molecule has 0 aliphatic heterocycles. The lowest BCUT2D eigenvalue weighted by molar-refractivity contribution is 0.915. The molecule has 2 aromatic carbocycles. The normalized spacial score (nSPS) is 12.6.